The lowest BCUT2D eigenvalue weighted by Crippen LogP contribution is -2.30. The molecular weight excluding hydrogens is 383 g/mol. The van der Waals surface area contributed by atoms with Gasteiger partial charge in [-0.05, 0) is 73.0 Å². The minimum atomic E-state index is -0.835. The van der Waals surface area contributed by atoms with E-state index >= 15 is 0 Å². The molecule has 2 aromatic carbocycles. The molecule has 5 nitrogen and oxygen atoms in total. The van der Waals surface area contributed by atoms with E-state index in [0.717, 1.165) is 11.1 Å². The van der Waals surface area contributed by atoms with Crippen LogP contribution in [0.2, 0.25) is 0 Å². The maximum Gasteiger partial charge on any atom is 0.300 e. The summed E-state index contributed by atoms with van der Waals surface area (Å²) >= 11 is 0. The number of Topliss-reactive ketones (excluding diaryl/α,β-unsaturated/α-hetero) is 1. The summed E-state index contributed by atoms with van der Waals surface area (Å²) in [6, 6.07) is 13.3. The molecule has 1 fully saturated rings. The number of pyridine rings is 1. The molecule has 1 aliphatic heterocycles. The molecule has 4 rings (SSSR count). The van der Waals surface area contributed by atoms with Gasteiger partial charge in [0.25, 0.3) is 11.7 Å². The number of ketones is 1. The van der Waals surface area contributed by atoms with E-state index in [1.807, 2.05) is 32.0 Å². The van der Waals surface area contributed by atoms with Gasteiger partial charge in [-0.15, -0.1) is 0 Å². The number of carbonyl (C=O) groups is 2. The van der Waals surface area contributed by atoms with Gasteiger partial charge in [0.05, 0.1) is 11.6 Å². The first kappa shape index (κ1) is 19.5. The summed E-state index contributed by atoms with van der Waals surface area (Å²) < 4.78 is 13.3. The van der Waals surface area contributed by atoms with E-state index in [0.29, 0.717) is 11.3 Å². The summed E-state index contributed by atoms with van der Waals surface area (Å²) in [7, 11) is 0. The molecule has 0 saturated carbocycles. The number of halogens is 1. The summed E-state index contributed by atoms with van der Waals surface area (Å²) in [6.07, 6.45) is 3.13. The van der Waals surface area contributed by atoms with Gasteiger partial charge in [0.1, 0.15) is 11.6 Å². The second kappa shape index (κ2) is 7.55. The quantitative estimate of drug-likeness (QED) is 0.399. The largest absolute Gasteiger partial charge is 0.507 e. The fraction of sp³-hybridized carbons (Fsp3) is 0.125. The molecule has 1 atom stereocenters. The molecule has 1 amide bonds. The van der Waals surface area contributed by atoms with Gasteiger partial charge in [-0.3, -0.25) is 19.5 Å². The smallest absolute Gasteiger partial charge is 0.300 e. The number of aryl methyl sites for hydroxylation is 2. The highest BCUT2D eigenvalue weighted by atomic mass is 19.1. The molecule has 2 heterocycles. The first-order valence-electron chi connectivity index (χ1n) is 9.42. The van der Waals surface area contributed by atoms with Crippen molar-refractivity contribution in [3.8, 4) is 0 Å². The van der Waals surface area contributed by atoms with Crippen LogP contribution in [-0.4, -0.2) is 21.8 Å². The van der Waals surface area contributed by atoms with Crippen molar-refractivity contribution in [1.29, 1.82) is 0 Å². The Morgan fingerprint density at radius 2 is 1.67 bits per heavy atom. The van der Waals surface area contributed by atoms with Gasteiger partial charge in [0, 0.05) is 23.6 Å². The van der Waals surface area contributed by atoms with E-state index in [9.17, 15) is 19.1 Å². The Morgan fingerprint density at radius 3 is 2.33 bits per heavy atom. The molecule has 1 saturated heterocycles. The lowest BCUT2D eigenvalue weighted by molar-refractivity contribution is -0.132. The number of rotatable bonds is 3. The number of anilines is 1. The zero-order valence-electron chi connectivity index (χ0n) is 16.5. The minimum absolute atomic E-state index is 0.0429. The van der Waals surface area contributed by atoms with Crippen molar-refractivity contribution in [2.24, 2.45) is 0 Å². The maximum atomic E-state index is 13.3. The Kier molecular flexibility index (Phi) is 4.91. The highest BCUT2D eigenvalue weighted by Gasteiger charge is 2.47. The molecule has 1 aliphatic rings. The number of amides is 1. The van der Waals surface area contributed by atoms with Crippen LogP contribution in [0.5, 0.6) is 0 Å². The first-order valence-corrected chi connectivity index (χ1v) is 9.42. The Hall–Kier alpha value is -3.80. The molecule has 1 aromatic heterocycles. The molecule has 0 aliphatic carbocycles. The molecule has 0 bridgehead atoms. The number of hydrogen-bond donors (Lipinski definition) is 1. The maximum absolute atomic E-state index is 13.3. The van der Waals surface area contributed by atoms with Crippen LogP contribution in [0, 0.1) is 19.7 Å². The molecule has 150 valence electrons. The Bertz CT molecular complexity index is 1170. The Morgan fingerprint density at radius 1 is 1.00 bits per heavy atom. The van der Waals surface area contributed by atoms with Crippen LogP contribution in [0.3, 0.4) is 0 Å². The number of aromatic nitrogens is 1. The van der Waals surface area contributed by atoms with Crippen LogP contribution < -0.4 is 4.90 Å². The van der Waals surface area contributed by atoms with Gasteiger partial charge in [0.15, 0.2) is 0 Å². The summed E-state index contributed by atoms with van der Waals surface area (Å²) in [4.78, 5) is 31.6. The fourth-order valence-electron chi connectivity index (χ4n) is 3.68. The van der Waals surface area contributed by atoms with E-state index in [1.54, 1.807) is 24.5 Å². The Labute approximate surface area is 173 Å². The van der Waals surface area contributed by atoms with E-state index in [2.05, 4.69) is 4.98 Å². The van der Waals surface area contributed by atoms with E-state index in [4.69, 9.17) is 0 Å². The molecule has 1 unspecified atom stereocenters. The molecule has 0 radical (unpaired) electrons. The van der Waals surface area contributed by atoms with Gasteiger partial charge in [0.2, 0.25) is 0 Å². The van der Waals surface area contributed by atoms with E-state index < -0.39 is 23.5 Å². The predicted molar refractivity (Wildman–Crippen MR) is 111 cm³/mol. The van der Waals surface area contributed by atoms with Crippen molar-refractivity contribution >= 4 is 23.1 Å². The minimum Gasteiger partial charge on any atom is -0.507 e. The Balaban J connectivity index is 1.97. The zero-order chi connectivity index (χ0) is 21.4. The second-order valence-electron chi connectivity index (χ2n) is 7.25. The number of aliphatic hydroxyl groups is 1. The van der Waals surface area contributed by atoms with Gasteiger partial charge >= 0.3 is 0 Å². The van der Waals surface area contributed by atoms with Crippen molar-refractivity contribution in [2.75, 3.05) is 4.90 Å². The lowest BCUT2D eigenvalue weighted by Gasteiger charge is -2.27. The van der Waals surface area contributed by atoms with Gasteiger partial charge < -0.3 is 5.11 Å². The van der Waals surface area contributed by atoms with Crippen molar-refractivity contribution < 1.29 is 19.1 Å². The highest BCUT2D eigenvalue weighted by molar-refractivity contribution is 6.51. The molecular formula is C24H19FN2O3. The van der Waals surface area contributed by atoms with Crippen molar-refractivity contribution in [3.63, 3.8) is 0 Å². The van der Waals surface area contributed by atoms with Gasteiger partial charge in [-0.2, -0.15) is 0 Å². The molecule has 30 heavy (non-hydrogen) atoms. The third-order valence-electron chi connectivity index (χ3n) is 5.21. The van der Waals surface area contributed by atoms with Crippen LogP contribution in [0.15, 0.2) is 72.6 Å². The number of nitrogens with zero attached hydrogens (tertiary/aromatic N) is 2. The van der Waals surface area contributed by atoms with E-state index in [1.165, 1.54) is 29.2 Å². The number of carbonyl (C=O) groups excluding carboxylic acids is 2. The number of hydrogen-bond acceptors (Lipinski definition) is 4. The summed E-state index contributed by atoms with van der Waals surface area (Å²) in [5.74, 6) is -2.33. The second-order valence-corrected chi connectivity index (χ2v) is 7.25. The van der Waals surface area contributed by atoms with Crippen LogP contribution in [0.25, 0.3) is 5.76 Å². The normalized spacial score (nSPS) is 18.1. The third-order valence-corrected chi connectivity index (χ3v) is 5.21. The number of benzene rings is 2. The van der Waals surface area contributed by atoms with Crippen molar-refractivity contribution in [1.82, 2.24) is 4.98 Å². The number of aliphatic hydroxyl groups excluding tert-OH is 1. The standard InChI is InChI=1S/C24H19FN2O3/c1-14-3-4-15(2)19(13-14)27-21(16-9-11-26-12-10-16)20(23(29)24(27)30)22(28)17-5-7-18(25)8-6-17/h3-13,21,28H,1-2H3/b22-20+. The van der Waals surface area contributed by atoms with Crippen LogP contribution in [0.4, 0.5) is 10.1 Å². The zero-order valence-corrected chi connectivity index (χ0v) is 16.5. The SMILES string of the molecule is Cc1ccc(C)c(N2C(=O)C(=O)/C(=C(/O)c3ccc(F)cc3)C2c2ccncc2)c1. The third kappa shape index (κ3) is 3.26. The van der Waals surface area contributed by atoms with Gasteiger partial charge in [-0.25, -0.2) is 4.39 Å². The predicted octanol–water partition coefficient (Wildman–Crippen LogP) is 4.46. The highest BCUT2D eigenvalue weighted by Crippen LogP contribution is 2.43. The average molecular weight is 402 g/mol. The first-order chi connectivity index (χ1) is 14.4. The topological polar surface area (TPSA) is 70.5 Å². The fourth-order valence-corrected chi connectivity index (χ4v) is 3.68. The van der Waals surface area contributed by atoms with Crippen LogP contribution >= 0.6 is 0 Å². The van der Waals surface area contributed by atoms with Crippen molar-refractivity contribution in [3.05, 3.63) is 101 Å². The molecule has 3 aromatic rings. The lowest BCUT2D eigenvalue weighted by atomic mass is 9.95. The van der Waals surface area contributed by atoms with Crippen LogP contribution in [0.1, 0.15) is 28.3 Å². The van der Waals surface area contributed by atoms with Gasteiger partial charge in [-0.1, -0.05) is 12.1 Å². The van der Waals surface area contributed by atoms with E-state index in [-0.39, 0.29) is 16.9 Å². The van der Waals surface area contributed by atoms with Crippen molar-refractivity contribution in [2.45, 2.75) is 19.9 Å². The summed E-state index contributed by atoms with van der Waals surface area (Å²) in [5, 5.41) is 11.0. The summed E-state index contributed by atoms with van der Waals surface area (Å²) in [6.45, 7) is 3.76. The average Bonchev–Trinajstić information content (AvgIpc) is 3.01. The molecule has 1 N–H and O–H groups in total. The van der Waals surface area contributed by atoms with Crippen LogP contribution in [-0.2, 0) is 9.59 Å². The molecule has 0 spiro atoms. The molecule has 6 heteroatoms. The monoisotopic (exact) mass is 402 g/mol. The summed E-state index contributed by atoms with van der Waals surface area (Å²) in [5.41, 5.74) is 3.20.